The number of anilines is 1. The quantitative estimate of drug-likeness (QED) is 0.564. The lowest BCUT2D eigenvalue weighted by Gasteiger charge is -2.47. The summed E-state index contributed by atoms with van der Waals surface area (Å²) in [5, 5.41) is 0. The number of fused-ring (bicyclic) bond motifs is 2. The number of halogens is 1. The Balaban J connectivity index is 1.18. The van der Waals surface area contributed by atoms with Crippen LogP contribution in [-0.4, -0.2) is 97.7 Å². The lowest BCUT2D eigenvalue weighted by Crippen LogP contribution is -2.59. The normalized spacial score (nSPS) is 34.6. The van der Waals surface area contributed by atoms with E-state index in [1.54, 1.807) is 0 Å². The van der Waals surface area contributed by atoms with Crippen LogP contribution in [0.15, 0.2) is 18.2 Å². The van der Waals surface area contributed by atoms with E-state index >= 15 is 0 Å². The number of amides is 1. The SMILES string of the molecule is CC1(C)OB(c2ccc3c(c2)N(C2CC(N4CCC(F)C4)C2)C(=O)C32CCN(C3COC3)CC2)OC1(C)C. The third-order valence-corrected chi connectivity index (χ3v) is 10.9. The molecule has 5 aliphatic heterocycles. The van der Waals surface area contributed by atoms with Gasteiger partial charge in [-0.25, -0.2) is 4.39 Å². The van der Waals surface area contributed by atoms with Crippen LogP contribution in [-0.2, 0) is 24.3 Å². The van der Waals surface area contributed by atoms with Gasteiger partial charge in [-0.3, -0.25) is 14.6 Å². The van der Waals surface area contributed by atoms with Crippen molar-refractivity contribution in [2.45, 2.75) is 101 Å². The Morgan fingerprint density at radius 2 is 1.61 bits per heavy atom. The Morgan fingerprint density at radius 3 is 2.18 bits per heavy atom. The van der Waals surface area contributed by atoms with Crippen LogP contribution in [0.25, 0.3) is 0 Å². The highest BCUT2D eigenvalue weighted by molar-refractivity contribution is 6.62. The van der Waals surface area contributed by atoms with E-state index in [1.165, 1.54) is 5.56 Å². The predicted octanol–water partition coefficient (Wildman–Crippen LogP) is 2.64. The smallest absolute Gasteiger partial charge is 0.399 e. The average Bonchev–Trinajstić information content (AvgIpc) is 3.40. The van der Waals surface area contributed by atoms with Gasteiger partial charge in [-0.15, -0.1) is 0 Å². The molecular weight excluding hydrogens is 484 g/mol. The van der Waals surface area contributed by atoms with Crippen molar-refractivity contribution >= 4 is 24.2 Å². The van der Waals surface area contributed by atoms with Crippen molar-refractivity contribution in [3.63, 3.8) is 0 Å². The molecular formula is C29H41BFN3O4. The van der Waals surface area contributed by atoms with Gasteiger partial charge in [-0.05, 0) is 90.0 Å². The number of hydrogen-bond acceptors (Lipinski definition) is 6. The van der Waals surface area contributed by atoms with Crippen LogP contribution in [0.4, 0.5) is 10.1 Å². The van der Waals surface area contributed by atoms with E-state index < -0.39 is 29.9 Å². The molecule has 5 fully saturated rings. The fourth-order valence-corrected chi connectivity index (χ4v) is 7.43. The molecule has 0 N–H and O–H groups in total. The summed E-state index contributed by atoms with van der Waals surface area (Å²) >= 11 is 0. The maximum atomic E-state index is 14.4. The van der Waals surface area contributed by atoms with Crippen molar-refractivity contribution < 1.29 is 23.2 Å². The van der Waals surface area contributed by atoms with Crippen LogP contribution >= 0.6 is 0 Å². The second kappa shape index (κ2) is 8.74. The zero-order chi connectivity index (χ0) is 26.4. The topological polar surface area (TPSA) is 54.5 Å². The molecule has 0 radical (unpaired) electrons. The number of rotatable bonds is 4. The van der Waals surface area contributed by atoms with Crippen molar-refractivity contribution in [2.75, 3.05) is 44.3 Å². The fourth-order valence-electron chi connectivity index (χ4n) is 7.43. The number of likely N-dealkylation sites (tertiary alicyclic amines) is 2. The number of hydrogen-bond donors (Lipinski definition) is 0. The van der Waals surface area contributed by atoms with E-state index in [2.05, 4.69) is 60.6 Å². The largest absolute Gasteiger partial charge is 0.494 e. The molecule has 1 amide bonds. The molecule has 1 unspecified atom stereocenters. The van der Waals surface area contributed by atoms with Crippen LogP contribution < -0.4 is 10.4 Å². The Kier molecular flexibility index (Phi) is 5.85. The van der Waals surface area contributed by atoms with Gasteiger partial charge in [0.15, 0.2) is 0 Å². The Morgan fingerprint density at radius 1 is 0.921 bits per heavy atom. The summed E-state index contributed by atoms with van der Waals surface area (Å²) in [5.41, 5.74) is 1.87. The maximum absolute atomic E-state index is 14.4. The number of alkyl halides is 1. The zero-order valence-corrected chi connectivity index (χ0v) is 23.2. The molecule has 7 nitrogen and oxygen atoms in total. The summed E-state index contributed by atoms with van der Waals surface area (Å²) in [4.78, 5) is 21.3. The first kappa shape index (κ1) is 25.5. The summed E-state index contributed by atoms with van der Waals surface area (Å²) in [6.07, 6.45) is 3.44. The van der Waals surface area contributed by atoms with Crippen molar-refractivity contribution in [2.24, 2.45) is 0 Å². The molecule has 9 heteroatoms. The predicted molar refractivity (Wildman–Crippen MR) is 145 cm³/mol. The van der Waals surface area contributed by atoms with Gasteiger partial charge in [0.1, 0.15) is 6.17 Å². The Bertz CT molecular complexity index is 1100. The highest BCUT2D eigenvalue weighted by atomic mass is 19.1. The number of carbonyl (C=O) groups excluding carboxylic acids is 1. The molecule has 4 saturated heterocycles. The summed E-state index contributed by atoms with van der Waals surface area (Å²) < 4.78 is 32.1. The molecule has 0 bridgehead atoms. The molecule has 1 aliphatic carbocycles. The molecule has 7 rings (SSSR count). The lowest BCUT2D eigenvalue weighted by molar-refractivity contribution is -0.128. The number of ether oxygens (including phenoxy) is 1. The summed E-state index contributed by atoms with van der Waals surface area (Å²) in [7, 11) is -0.459. The van der Waals surface area contributed by atoms with Crippen LogP contribution in [0.2, 0.25) is 0 Å². The molecule has 1 saturated carbocycles. The number of nitrogens with zero attached hydrogens (tertiary/aromatic N) is 3. The van der Waals surface area contributed by atoms with Crippen LogP contribution in [0.5, 0.6) is 0 Å². The van der Waals surface area contributed by atoms with Crippen LogP contribution in [0.3, 0.4) is 0 Å². The van der Waals surface area contributed by atoms with Gasteiger partial charge < -0.3 is 18.9 Å². The van der Waals surface area contributed by atoms with Gasteiger partial charge in [-0.2, -0.15) is 0 Å². The van der Waals surface area contributed by atoms with Gasteiger partial charge in [0.2, 0.25) is 5.91 Å². The maximum Gasteiger partial charge on any atom is 0.494 e. The van der Waals surface area contributed by atoms with E-state index in [9.17, 15) is 9.18 Å². The number of benzene rings is 1. The molecule has 206 valence electrons. The standard InChI is InChI=1S/C29H41BFN3O4/c1-27(2)28(3,4)38-30(37-27)19-5-6-24-25(13-19)34(22-14-21(15-22)33-10-7-20(31)16-33)26(35)29(24)8-11-32(12-9-29)23-17-36-18-23/h5-6,13,20-23H,7-12,14-18H2,1-4H3. The second-order valence-corrected chi connectivity index (χ2v) is 13.5. The van der Waals surface area contributed by atoms with Crippen molar-refractivity contribution in [1.29, 1.82) is 0 Å². The van der Waals surface area contributed by atoms with Gasteiger partial charge >= 0.3 is 7.12 Å². The molecule has 38 heavy (non-hydrogen) atoms. The first-order valence-electron chi connectivity index (χ1n) is 14.6. The third-order valence-electron chi connectivity index (χ3n) is 10.9. The number of piperidine rings is 1. The summed E-state index contributed by atoms with van der Waals surface area (Å²) in [6, 6.07) is 7.49. The Labute approximate surface area is 226 Å². The van der Waals surface area contributed by atoms with Crippen molar-refractivity contribution in [3.05, 3.63) is 23.8 Å². The monoisotopic (exact) mass is 525 g/mol. The van der Waals surface area contributed by atoms with Gasteiger partial charge in [-0.1, -0.05) is 12.1 Å². The lowest BCUT2D eigenvalue weighted by atomic mass is 9.71. The third kappa shape index (κ3) is 3.75. The van der Waals surface area contributed by atoms with Crippen molar-refractivity contribution in [1.82, 2.24) is 9.80 Å². The van der Waals surface area contributed by atoms with Gasteiger partial charge in [0, 0.05) is 30.9 Å². The molecule has 1 spiro atoms. The minimum absolute atomic E-state index is 0.163. The minimum atomic E-state index is -0.708. The molecule has 1 aromatic rings. The number of carbonyl (C=O) groups is 1. The highest BCUT2D eigenvalue weighted by Crippen LogP contribution is 2.51. The van der Waals surface area contributed by atoms with E-state index in [0.29, 0.717) is 25.0 Å². The van der Waals surface area contributed by atoms with Crippen molar-refractivity contribution in [3.8, 4) is 0 Å². The molecule has 1 atom stereocenters. The van der Waals surface area contributed by atoms with Crippen LogP contribution in [0.1, 0.15) is 65.4 Å². The first-order chi connectivity index (χ1) is 18.1. The van der Waals surface area contributed by atoms with Crippen LogP contribution in [0, 0.1) is 0 Å². The zero-order valence-electron chi connectivity index (χ0n) is 23.2. The van der Waals surface area contributed by atoms with E-state index in [4.69, 9.17) is 14.0 Å². The van der Waals surface area contributed by atoms with E-state index in [0.717, 1.165) is 69.7 Å². The summed E-state index contributed by atoms with van der Waals surface area (Å²) in [6.45, 7) is 13.1. The molecule has 1 aromatic carbocycles. The highest BCUT2D eigenvalue weighted by Gasteiger charge is 2.57. The molecule has 5 heterocycles. The molecule has 6 aliphatic rings. The van der Waals surface area contributed by atoms with E-state index in [1.807, 2.05) is 0 Å². The Hall–Kier alpha value is -1.52. The average molecular weight is 525 g/mol. The first-order valence-corrected chi connectivity index (χ1v) is 14.6. The minimum Gasteiger partial charge on any atom is -0.399 e. The van der Waals surface area contributed by atoms with E-state index in [-0.39, 0.29) is 11.9 Å². The second-order valence-electron chi connectivity index (χ2n) is 13.5. The molecule has 0 aromatic heterocycles. The van der Waals surface area contributed by atoms with Gasteiger partial charge in [0.05, 0.1) is 35.9 Å². The van der Waals surface area contributed by atoms with Gasteiger partial charge in [0.25, 0.3) is 0 Å². The fraction of sp³-hybridized carbons (Fsp3) is 0.759. The summed E-state index contributed by atoms with van der Waals surface area (Å²) in [5.74, 6) is 0.260.